The topological polar surface area (TPSA) is 0 Å². The Morgan fingerprint density at radius 1 is 1.33 bits per heavy atom. The van der Waals surface area contributed by atoms with Crippen molar-refractivity contribution in [3.63, 3.8) is 0 Å². The number of benzene rings is 1. The summed E-state index contributed by atoms with van der Waals surface area (Å²) in [5.74, 6) is -0.499. The van der Waals surface area contributed by atoms with Gasteiger partial charge in [-0.25, -0.2) is 4.39 Å². The second-order valence-corrected chi connectivity index (χ2v) is 2.25. The molecule has 0 aliphatic carbocycles. The summed E-state index contributed by atoms with van der Waals surface area (Å²) in [4.78, 5) is 0. The molecule has 0 heterocycles. The van der Waals surface area contributed by atoms with Crippen molar-refractivity contribution in [2.75, 3.05) is 0 Å². The van der Waals surface area contributed by atoms with E-state index in [1.807, 2.05) is 0 Å². The van der Waals surface area contributed by atoms with Crippen molar-refractivity contribution in [3.8, 4) is 0 Å². The van der Waals surface area contributed by atoms with E-state index in [2.05, 4.69) is 6.07 Å². The maximum absolute atomic E-state index is 12.3. The first kappa shape index (κ1) is 6.84. The molecule has 0 spiro atoms. The van der Waals surface area contributed by atoms with Crippen molar-refractivity contribution in [1.82, 2.24) is 0 Å². The normalized spacial score (nSPS) is 9.67. The quantitative estimate of drug-likeness (QED) is 0.517. The molecule has 0 aliphatic heterocycles. The van der Waals surface area contributed by atoms with Gasteiger partial charge in [0.15, 0.2) is 0 Å². The van der Waals surface area contributed by atoms with Gasteiger partial charge in [-0.1, -0.05) is 23.2 Å². The lowest BCUT2D eigenvalue weighted by Gasteiger charge is -1.90. The molecular weight excluding hydrogens is 162 g/mol. The van der Waals surface area contributed by atoms with E-state index in [9.17, 15) is 4.39 Å². The smallest absolute Gasteiger partial charge is 0.142 e. The van der Waals surface area contributed by atoms with E-state index in [4.69, 9.17) is 23.2 Å². The summed E-state index contributed by atoms with van der Waals surface area (Å²) in [7, 11) is 0. The molecule has 0 fully saturated rings. The molecule has 9 heavy (non-hydrogen) atoms. The fraction of sp³-hybridized carbons (Fsp3) is 0. The van der Waals surface area contributed by atoms with Crippen LogP contribution in [0.3, 0.4) is 0 Å². The SMILES string of the molecule is Fc1ccc(Cl)[c]c1Cl. The van der Waals surface area contributed by atoms with Gasteiger partial charge in [-0.15, -0.1) is 0 Å². The summed E-state index contributed by atoms with van der Waals surface area (Å²) in [6.45, 7) is 0. The average Bonchev–Trinajstić information content (AvgIpc) is 1.80. The first-order chi connectivity index (χ1) is 4.20. The molecule has 0 aromatic heterocycles. The summed E-state index contributed by atoms with van der Waals surface area (Å²) < 4.78 is 12.3. The van der Waals surface area contributed by atoms with Gasteiger partial charge in [0.1, 0.15) is 5.82 Å². The summed E-state index contributed by atoms with van der Waals surface area (Å²) in [6, 6.07) is 4.98. The maximum Gasteiger partial charge on any atom is 0.142 e. The number of hydrogen-bond acceptors (Lipinski definition) is 0. The number of halogens is 3. The standard InChI is InChI=1S/C6H2Cl2F/c7-4-1-2-6(9)5(8)3-4/h1-2H. The zero-order valence-corrected chi connectivity index (χ0v) is 5.80. The van der Waals surface area contributed by atoms with E-state index < -0.39 is 5.82 Å². The lowest BCUT2D eigenvalue weighted by molar-refractivity contribution is 0.628. The van der Waals surface area contributed by atoms with Crippen LogP contribution in [0.15, 0.2) is 12.1 Å². The Bertz CT molecular complexity index is 222. The highest BCUT2D eigenvalue weighted by atomic mass is 35.5. The fourth-order valence-corrected chi connectivity index (χ4v) is 0.796. The molecule has 47 valence electrons. The molecule has 0 unspecified atom stereocenters. The van der Waals surface area contributed by atoms with Gasteiger partial charge in [0.2, 0.25) is 0 Å². The van der Waals surface area contributed by atoms with Crippen LogP contribution in [-0.2, 0) is 0 Å². The third kappa shape index (κ3) is 1.57. The molecule has 0 N–H and O–H groups in total. The zero-order valence-electron chi connectivity index (χ0n) is 4.29. The van der Waals surface area contributed by atoms with E-state index in [1.54, 1.807) is 0 Å². The summed E-state index contributed by atoms with van der Waals surface area (Å²) >= 11 is 10.7. The molecular formula is C6H2Cl2F. The van der Waals surface area contributed by atoms with Gasteiger partial charge < -0.3 is 0 Å². The molecule has 3 heteroatoms. The van der Waals surface area contributed by atoms with Gasteiger partial charge in [-0.05, 0) is 12.1 Å². The van der Waals surface area contributed by atoms with Crippen LogP contribution in [0, 0.1) is 11.9 Å². The Labute approximate surface area is 62.2 Å². The predicted molar refractivity (Wildman–Crippen MR) is 35.3 cm³/mol. The number of hydrogen-bond donors (Lipinski definition) is 0. The first-order valence-electron chi connectivity index (χ1n) is 2.23. The van der Waals surface area contributed by atoms with Gasteiger partial charge in [0.05, 0.1) is 10.0 Å². The molecule has 0 bridgehead atoms. The third-order valence-electron chi connectivity index (χ3n) is 0.815. The van der Waals surface area contributed by atoms with Crippen LogP contribution < -0.4 is 0 Å². The summed E-state index contributed by atoms with van der Waals surface area (Å²) in [6.07, 6.45) is 0. The molecule has 0 saturated carbocycles. The minimum absolute atomic E-state index is 0.0671. The molecule has 1 aromatic carbocycles. The van der Waals surface area contributed by atoms with Crippen LogP contribution in [0.1, 0.15) is 0 Å². The van der Waals surface area contributed by atoms with Gasteiger partial charge in [-0.2, -0.15) is 0 Å². The van der Waals surface area contributed by atoms with Crippen LogP contribution in [0.2, 0.25) is 10.0 Å². The minimum atomic E-state index is -0.499. The van der Waals surface area contributed by atoms with Gasteiger partial charge in [0, 0.05) is 6.07 Å². The highest BCUT2D eigenvalue weighted by Crippen LogP contribution is 2.17. The highest BCUT2D eigenvalue weighted by molar-refractivity contribution is 6.34. The van der Waals surface area contributed by atoms with Crippen molar-refractivity contribution in [2.24, 2.45) is 0 Å². The molecule has 0 nitrogen and oxygen atoms in total. The van der Waals surface area contributed by atoms with Gasteiger partial charge in [0.25, 0.3) is 0 Å². The Morgan fingerprint density at radius 3 is 2.44 bits per heavy atom. The lowest BCUT2D eigenvalue weighted by atomic mass is 10.3. The largest absolute Gasteiger partial charge is 0.205 e. The second kappa shape index (κ2) is 2.54. The van der Waals surface area contributed by atoms with E-state index in [-0.39, 0.29) is 5.02 Å². The maximum atomic E-state index is 12.3. The summed E-state index contributed by atoms with van der Waals surface area (Å²) in [5.41, 5.74) is 0. The molecule has 1 aromatic rings. The van der Waals surface area contributed by atoms with Crippen molar-refractivity contribution < 1.29 is 4.39 Å². The van der Waals surface area contributed by atoms with E-state index in [0.29, 0.717) is 5.02 Å². The molecule has 0 amide bonds. The van der Waals surface area contributed by atoms with Crippen LogP contribution in [0.4, 0.5) is 4.39 Å². The Balaban J connectivity index is 3.17. The van der Waals surface area contributed by atoms with Crippen LogP contribution >= 0.6 is 23.2 Å². The number of rotatable bonds is 0. The van der Waals surface area contributed by atoms with Crippen LogP contribution in [0.5, 0.6) is 0 Å². The van der Waals surface area contributed by atoms with Gasteiger partial charge in [-0.3, -0.25) is 0 Å². The van der Waals surface area contributed by atoms with Crippen molar-refractivity contribution >= 4 is 23.2 Å². The molecule has 0 saturated heterocycles. The Hall–Kier alpha value is -0.270. The predicted octanol–water partition coefficient (Wildman–Crippen LogP) is 2.93. The van der Waals surface area contributed by atoms with E-state index in [0.717, 1.165) is 0 Å². The first-order valence-corrected chi connectivity index (χ1v) is 2.98. The van der Waals surface area contributed by atoms with E-state index >= 15 is 0 Å². The van der Waals surface area contributed by atoms with Crippen LogP contribution in [0.25, 0.3) is 0 Å². The summed E-state index contributed by atoms with van der Waals surface area (Å²) in [5, 5.41) is 0.254. The van der Waals surface area contributed by atoms with Crippen molar-refractivity contribution in [1.29, 1.82) is 0 Å². The molecule has 0 aliphatic rings. The average molecular weight is 164 g/mol. The molecule has 1 rings (SSSR count). The van der Waals surface area contributed by atoms with Crippen LogP contribution in [-0.4, -0.2) is 0 Å². The fourth-order valence-electron chi connectivity index (χ4n) is 0.426. The van der Waals surface area contributed by atoms with Crippen molar-refractivity contribution in [3.05, 3.63) is 34.1 Å². The third-order valence-corrected chi connectivity index (χ3v) is 1.31. The minimum Gasteiger partial charge on any atom is -0.205 e. The lowest BCUT2D eigenvalue weighted by Crippen LogP contribution is -1.74. The zero-order chi connectivity index (χ0) is 6.85. The molecule has 0 atom stereocenters. The Morgan fingerprint density at radius 2 is 2.00 bits per heavy atom. The monoisotopic (exact) mass is 163 g/mol. The van der Waals surface area contributed by atoms with E-state index in [1.165, 1.54) is 12.1 Å². The van der Waals surface area contributed by atoms with Gasteiger partial charge >= 0.3 is 0 Å². The Kier molecular flexibility index (Phi) is 1.94. The van der Waals surface area contributed by atoms with Crippen molar-refractivity contribution in [2.45, 2.75) is 0 Å². The second-order valence-electron chi connectivity index (χ2n) is 1.47. The molecule has 1 radical (unpaired) electrons. The highest BCUT2D eigenvalue weighted by Gasteiger charge is 1.97.